The molecule has 0 spiro atoms. The Hall–Kier alpha value is 0.310. The van der Waals surface area contributed by atoms with E-state index in [0.29, 0.717) is 11.9 Å². The molecule has 9 heavy (non-hydrogen) atoms. The number of thioether (sulfide) groups is 1. The Morgan fingerprint density at radius 1 is 1.56 bits per heavy atom. The molecule has 0 heterocycles. The third-order valence-electron chi connectivity index (χ3n) is 1.58. The van der Waals surface area contributed by atoms with E-state index in [4.69, 9.17) is 5.11 Å². The van der Waals surface area contributed by atoms with E-state index in [9.17, 15) is 0 Å². The Morgan fingerprint density at radius 2 is 2.11 bits per heavy atom. The summed E-state index contributed by atoms with van der Waals surface area (Å²) in [6.07, 6.45) is 2.43. The zero-order valence-corrected chi connectivity index (χ0v) is 6.87. The highest BCUT2D eigenvalue weighted by Gasteiger charge is 2.43. The van der Waals surface area contributed by atoms with Gasteiger partial charge in [0.25, 0.3) is 0 Å². The molecule has 0 aromatic heterocycles. The molecule has 0 aromatic carbocycles. The molecule has 1 aliphatic carbocycles. The van der Waals surface area contributed by atoms with E-state index in [1.54, 1.807) is 0 Å². The number of hydrogen-bond acceptors (Lipinski definition) is 2. The molecule has 2 heteroatoms. The van der Waals surface area contributed by atoms with Crippen LogP contribution in [-0.4, -0.2) is 21.7 Å². The van der Waals surface area contributed by atoms with Crippen LogP contribution in [0.25, 0.3) is 0 Å². The maximum absolute atomic E-state index is 8.88. The fraction of sp³-hybridized carbons (Fsp3) is 1.00. The number of rotatable bonds is 3. The Bertz CT molecular complexity index is 97.1. The number of aliphatic hydroxyl groups is 1. The van der Waals surface area contributed by atoms with E-state index in [-0.39, 0.29) is 4.75 Å². The summed E-state index contributed by atoms with van der Waals surface area (Å²) in [7, 11) is 0. The molecule has 54 valence electrons. The van der Waals surface area contributed by atoms with Crippen molar-refractivity contribution in [3.8, 4) is 0 Å². The van der Waals surface area contributed by atoms with Crippen molar-refractivity contribution in [1.29, 1.82) is 0 Å². The average Bonchev–Trinajstić information content (AvgIpc) is 2.48. The van der Waals surface area contributed by atoms with Gasteiger partial charge in [-0.3, -0.25) is 0 Å². The van der Waals surface area contributed by atoms with Crippen LogP contribution in [0.15, 0.2) is 0 Å². The monoisotopic (exact) mass is 146 g/mol. The van der Waals surface area contributed by atoms with Crippen LogP contribution in [-0.2, 0) is 0 Å². The highest BCUT2D eigenvalue weighted by molar-refractivity contribution is 8.01. The first-order valence-corrected chi connectivity index (χ1v) is 4.35. The zero-order chi connectivity index (χ0) is 6.91. The van der Waals surface area contributed by atoms with Gasteiger partial charge in [0.1, 0.15) is 0 Å². The summed E-state index contributed by atoms with van der Waals surface area (Å²) in [6, 6.07) is 0. The van der Waals surface area contributed by atoms with E-state index in [2.05, 4.69) is 13.8 Å². The van der Waals surface area contributed by atoms with Crippen LogP contribution in [0.3, 0.4) is 0 Å². The van der Waals surface area contributed by atoms with Crippen LogP contribution in [0.2, 0.25) is 0 Å². The third-order valence-corrected chi connectivity index (χ3v) is 3.09. The van der Waals surface area contributed by atoms with Crippen molar-refractivity contribution in [2.45, 2.75) is 36.7 Å². The summed E-state index contributed by atoms with van der Waals surface area (Å²) < 4.78 is 0.286. The van der Waals surface area contributed by atoms with Crippen molar-refractivity contribution >= 4 is 11.8 Å². The molecule has 0 aromatic rings. The van der Waals surface area contributed by atoms with Crippen molar-refractivity contribution in [2.24, 2.45) is 0 Å². The van der Waals surface area contributed by atoms with Crippen LogP contribution in [0, 0.1) is 0 Å². The first-order valence-electron chi connectivity index (χ1n) is 3.47. The van der Waals surface area contributed by atoms with Crippen molar-refractivity contribution in [3.05, 3.63) is 0 Å². The predicted molar refractivity (Wildman–Crippen MR) is 41.8 cm³/mol. The van der Waals surface area contributed by atoms with Gasteiger partial charge in [-0.2, -0.15) is 0 Å². The summed E-state index contributed by atoms with van der Waals surface area (Å²) in [5.41, 5.74) is 0. The van der Waals surface area contributed by atoms with Crippen LogP contribution < -0.4 is 0 Å². The molecule has 1 aliphatic rings. The molecular formula is C7H14OS. The van der Waals surface area contributed by atoms with Crippen LogP contribution >= 0.6 is 11.8 Å². The lowest BCUT2D eigenvalue weighted by Crippen LogP contribution is -2.11. The smallest absolute Gasteiger partial charge is 0.0578 e. The lowest BCUT2D eigenvalue weighted by molar-refractivity contribution is 0.288. The topological polar surface area (TPSA) is 20.2 Å². The van der Waals surface area contributed by atoms with Crippen LogP contribution in [0.5, 0.6) is 0 Å². The highest BCUT2D eigenvalue weighted by Crippen LogP contribution is 2.49. The van der Waals surface area contributed by atoms with Gasteiger partial charge in [-0.25, -0.2) is 0 Å². The first-order chi connectivity index (χ1) is 4.18. The normalized spacial score (nSPS) is 22.7. The summed E-state index contributed by atoms with van der Waals surface area (Å²) in [4.78, 5) is 0. The first kappa shape index (κ1) is 7.42. The number of aliphatic hydroxyl groups excluding tert-OH is 1. The molecular weight excluding hydrogens is 132 g/mol. The largest absolute Gasteiger partial charge is 0.395 e. The number of hydrogen-bond donors (Lipinski definition) is 1. The summed E-state index contributed by atoms with van der Waals surface area (Å²) >= 11 is 1.92. The second kappa shape index (κ2) is 2.51. The molecule has 0 unspecified atom stereocenters. The lowest BCUT2D eigenvalue weighted by atomic mass is 10.5. The van der Waals surface area contributed by atoms with Crippen molar-refractivity contribution in [3.63, 3.8) is 0 Å². The highest BCUT2D eigenvalue weighted by atomic mass is 32.2. The standard InChI is InChI=1S/C7H14OS/c1-6(2)9-7(5-8)3-4-7/h6,8H,3-5H2,1-2H3. The molecule has 1 fully saturated rings. The Kier molecular flexibility index (Phi) is 2.07. The van der Waals surface area contributed by atoms with Gasteiger partial charge in [-0.15, -0.1) is 11.8 Å². The predicted octanol–water partition coefficient (Wildman–Crippen LogP) is 1.65. The molecule has 0 aliphatic heterocycles. The Labute approximate surface area is 60.8 Å². The van der Waals surface area contributed by atoms with Gasteiger partial charge in [-0.1, -0.05) is 13.8 Å². The van der Waals surface area contributed by atoms with Crippen molar-refractivity contribution in [1.82, 2.24) is 0 Å². The van der Waals surface area contributed by atoms with Gasteiger partial charge in [0, 0.05) is 4.75 Å². The van der Waals surface area contributed by atoms with Gasteiger partial charge in [0.15, 0.2) is 0 Å². The summed E-state index contributed by atoms with van der Waals surface area (Å²) in [5.74, 6) is 0. The van der Waals surface area contributed by atoms with E-state index in [0.717, 1.165) is 0 Å². The second-order valence-electron chi connectivity index (χ2n) is 3.01. The maximum atomic E-state index is 8.88. The van der Waals surface area contributed by atoms with Gasteiger partial charge in [0.2, 0.25) is 0 Å². The SMILES string of the molecule is CC(C)SC1(CO)CC1. The minimum atomic E-state index is 0.286. The molecule has 1 N–H and O–H groups in total. The molecule has 0 saturated heterocycles. The Morgan fingerprint density at radius 3 is 2.22 bits per heavy atom. The van der Waals surface area contributed by atoms with E-state index in [1.807, 2.05) is 11.8 Å². The minimum absolute atomic E-state index is 0.286. The van der Waals surface area contributed by atoms with Crippen molar-refractivity contribution in [2.75, 3.05) is 6.61 Å². The maximum Gasteiger partial charge on any atom is 0.0578 e. The van der Waals surface area contributed by atoms with Gasteiger partial charge in [-0.05, 0) is 18.1 Å². The van der Waals surface area contributed by atoms with Gasteiger partial charge in [0.05, 0.1) is 6.61 Å². The molecule has 1 rings (SSSR count). The molecule has 0 amide bonds. The molecule has 0 bridgehead atoms. The quantitative estimate of drug-likeness (QED) is 0.653. The molecule has 1 saturated carbocycles. The van der Waals surface area contributed by atoms with E-state index in [1.165, 1.54) is 12.8 Å². The minimum Gasteiger partial charge on any atom is -0.395 e. The third kappa shape index (κ3) is 1.87. The molecule has 0 radical (unpaired) electrons. The molecule has 1 nitrogen and oxygen atoms in total. The zero-order valence-electron chi connectivity index (χ0n) is 6.05. The van der Waals surface area contributed by atoms with Crippen molar-refractivity contribution < 1.29 is 5.11 Å². The fourth-order valence-corrected chi connectivity index (χ4v) is 2.36. The Balaban J connectivity index is 2.25. The fourth-order valence-electron chi connectivity index (χ4n) is 0.953. The second-order valence-corrected chi connectivity index (χ2v) is 5.05. The average molecular weight is 146 g/mol. The van der Waals surface area contributed by atoms with E-state index < -0.39 is 0 Å². The van der Waals surface area contributed by atoms with Crippen LogP contribution in [0.1, 0.15) is 26.7 Å². The summed E-state index contributed by atoms with van der Waals surface area (Å²) in [6.45, 7) is 4.73. The van der Waals surface area contributed by atoms with Gasteiger partial charge >= 0.3 is 0 Å². The lowest BCUT2D eigenvalue weighted by Gasteiger charge is -2.13. The van der Waals surface area contributed by atoms with Crippen LogP contribution in [0.4, 0.5) is 0 Å². The van der Waals surface area contributed by atoms with Gasteiger partial charge < -0.3 is 5.11 Å². The molecule has 0 atom stereocenters. The summed E-state index contributed by atoms with van der Waals surface area (Å²) in [5, 5.41) is 9.55. The van der Waals surface area contributed by atoms with E-state index >= 15 is 0 Å².